The minimum Gasteiger partial charge on any atom is -0.465 e. The Balaban J connectivity index is 5.22. The van der Waals surface area contributed by atoms with Crippen molar-refractivity contribution < 1.29 is 9.90 Å². The van der Waals surface area contributed by atoms with E-state index in [1.54, 1.807) is 6.08 Å². The van der Waals surface area contributed by atoms with Crippen LogP contribution in [0.5, 0.6) is 0 Å². The monoisotopic (exact) mass is 251 g/mol. The van der Waals surface area contributed by atoms with Gasteiger partial charge in [-0.3, -0.25) is 0 Å². The van der Waals surface area contributed by atoms with Crippen LogP contribution >= 0.6 is 0 Å². The Hall–Kier alpha value is -1.55. The highest BCUT2D eigenvalue weighted by molar-refractivity contribution is 6.83. The molecular formula is C13H21NO2Si. The number of hydrogen-bond acceptors (Lipinski definition) is 1. The SMILES string of the molecule is C=CC[Si](CC=C)(CC=C)C(C=C)NC(=O)O. The van der Waals surface area contributed by atoms with Crippen molar-refractivity contribution in [1.82, 2.24) is 5.32 Å². The highest BCUT2D eigenvalue weighted by Crippen LogP contribution is 2.27. The summed E-state index contributed by atoms with van der Waals surface area (Å²) in [5.74, 6) is 0. The van der Waals surface area contributed by atoms with Gasteiger partial charge < -0.3 is 10.4 Å². The predicted octanol–water partition coefficient (Wildman–Crippen LogP) is 3.35. The van der Waals surface area contributed by atoms with Crippen LogP contribution in [0.15, 0.2) is 50.6 Å². The second-order valence-electron chi connectivity index (χ2n) is 4.00. The number of rotatable bonds is 9. The molecule has 1 atom stereocenters. The summed E-state index contributed by atoms with van der Waals surface area (Å²) < 4.78 is 0. The van der Waals surface area contributed by atoms with E-state index in [4.69, 9.17) is 5.11 Å². The van der Waals surface area contributed by atoms with Crippen molar-refractivity contribution in [2.45, 2.75) is 23.8 Å². The first-order valence-corrected chi connectivity index (χ1v) is 8.21. The van der Waals surface area contributed by atoms with Crippen LogP contribution in [-0.2, 0) is 0 Å². The van der Waals surface area contributed by atoms with Crippen LogP contribution in [0.3, 0.4) is 0 Å². The van der Waals surface area contributed by atoms with Gasteiger partial charge in [-0.1, -0.05) is 24.3 Å². The van der Waals surface area contributed by atoms with Gasteiger partial charge in [0.2, 0.25) is 0 Å². The van der Waals surface area contributed by atoms with Crippen molar-refractivity contribution in [3.05, 3.63) is 50.6 Å². The number of nitrogens with one attached hydrogen (secondary N) is 1. The first kappa shape index (κ1) is 15.4. The fourth-order valence-electron chi connectivity index (χ4n) is 2.09. The Morgan fingerprint density at radius 3 is 1.76 bits per heavy atom. The maximum atomic E-state index is 10.8. The lowest BCUT2D eigenvalue weighted by atomic mass is 10.6. The predicted molar refractivity (Wildman–Crippen MR) is 75.9 cm³/mol. The molecule has 2 N–H and O–H groups in total. The molecule has 0 aromatic heterocycles. The number of amides is 1. The molecule has 0 rings (SSSR count). The Bertz CT molecular complexity index is 286. The Labute approximate surface area is 104 Å². The average molecular weight is 251 g/mol. The molecule has 0 radical (unpaired) electrons. The zero-order valence-corrected chi connectivity index (χ0v) is 11.2. The molecule has 94 valence electrons. The molecule has 0 aliphatic rings. The molecule has 0 aliphatic carbocycles. The minimum absolute atomic E-state index is 0.214. The van der Waals surface area contributed by atoms with E-state index < -0.39 is 14.2 Å². The highest BCUT2D eigenvalue weighted by atomic mass is 28.3. The first-order chi connectivity index (χ1) is 8.06. The van der Waals surface area contributed by atoms with Gasteiger partial charge in [-0.2, -0.15) is 0 Å². The van der Waals surface area contributed by atoms with Gasteiger partial charge in [0, 0.05) is 5.67 Å². The lowest BCUT2D eigenvalue weighted by molar-refractivity contribution is 0.194. The van der Waals surface area contributed by atoms with Gasteiger partial charge in [0.15, 0.2) is 0 Å². The summed E-state index contributed by atoms with van der Waals surface area (Å²) in [6, 6.07) is 2.42. The van der Waals surface area contributed by atoms with E-state index in [-0.39, 0.29) is 5.67 Å². The Morgan fingerprint density at radius 2 is 1.53 bits per heavy atom. The summed E-state index contributed by atoms with van der Waals surface area (Å²) in [4.78, 5) is 10.8. The number of carboxylic acid groups (broad SMARTS) is 1. The summed E-state index contributed by atoms with van der Waals surface area (Å²) in [6.45, 7) is 15.0. The van der Waals surface area contributed by atoms with Crippen molar-refractivity contribution >= 4 is 14.2 Å². The molecule has 0 aliphatic heterocycles. The fourth-order valence-corrected chi connectivity index (χ4v) is 6.00. The molecule has 0 aromatic rings. The molecule has 4 heteroatoms. The van der Waals surface area contributed by atoms with Crippen molar-refractivity contribution in [3.63, 3.8) is 0 Å². The van der Waals surface area contributed by atoms with Crippen molar-refractivity contribution in [3.8, 4) is 0 Å². The van der Waals surface area contributed by atoms with Crippen LogP contribution in [-0.4, -0.2) is 24.9 Å². The Morgan fingerprint density at radius 1 is 1.12 bits per heavy atom. The van der Waals surface area contributed by atoms with E-state index in [0.29, 0.717) is 0 Å². The third kappa shape index (κ3) is 4.44. The summed E-state index contributed by atoms with van der Waals surface area (Å²) in [7, 11) is -1.95. The standard InChI is InChI=1S/C13H21NO2Si/c1-5-9-17(10-6-2,11-7-3)12(8-4)14-13(15)16/h5-8,12,14H,1-4,9-11H2,(H,15,16). The van der Waals surface area contributed by atoms with Gasteiger partial charge in [-0.25, -0.2) is 4.79 Å². The molecule has 0 aromatic carbocycles. The second kappa shape index (κ2) is 7.68. The van der Waals surface area contributed by atoms with Crippen molar-refractivity contribution in [2.75, 3.05) is 0 Å². The molecule has 0 saturated carbocycles. The molecule has 1 unspecified atom stereocenters. The van der Waals surface area contributed by atoms with E-state index in [1.165, 1.54) is 0 Å². The van der Waals surface area contributed by atoms with Crippen LogP contribution in [0.4, 0.5) is 4.79 Å². The average Bonchev–Trinajstić information content (AvgIpc) is 2.26. The Kier molecular flexibility index (Phi) is 6.98. The van der Waals surface area contributed by atoms with Gasteiger partial charge in [0.25, 0.3) is 0 Å². The van der Waals surface area contributed by atoms with Gasteiger partial charge in [0.1, 0.15) is 0 Å². The van der Waals surface area contributed by atoms with E-state index in [0.717, 1.165) is 18.1 Å². The molecule has 0 fully saturated rings. The molecule has 0 bridgehead atoms. The van der Waals surface area contributed by atoms with Gasteiger partial charge in [0.05, 0.1) is 8.07 Å². The normalized spacial score (nSPS) is 12.2. The molecular weight excluding hydrogens is 230 g/mol. The molecule has 1 amide bonds. The molecule has 0 heterocycles. The smallest absolute Gasteiger partial charge is 0.404 e. The quantitative estimate of drug-likeness (QED) is 0.487. The summed E-state index contributed by atoms with van der Waals surface area (Å²) >= 11 is 0. The molecule has 0 spiro atoms. The van der Waals surface area contributed by atoms with E-state index in [1.807, 2.05) is 18.2 Å². The van der Waals surface area contributed by atoms with E-state index in [2.05, 4.69) is 31.6 Å². The van der Waals surface area contributed by atoms with E-state index >= 15 is 0 Å². The fraction of sp³-hybridized carbons (Fsp3) is 0.308. The summed E-state index contributed by atoms with van der Waals surface area (Å²) in [5, 5.41) is 11.4. The summed E-state index contributed by atoms with van der Waals surface area (Å²) in [5.41, 5.74) is -0.214. The third-order valence-electron chi connectivity index (χ3n) is 2.83. The maximum absolute atomic E-state index is 10.8. The van der Waals surface area contributed by atoms with Crippen LogP contribution in [0, 0.1) is 0 Å². The number of carbonyl (C=O) groups is 1. The van der Waals surface area contributed by atoms with Crippen LogP contribution in [0.1, 0.15) is 0 Å². The lowest BCUT2D eigenvalue weighted by Crippen LogP contribution is -2.54. The van der Waals surface area contributed by atoms with Crippen LogP contribution < -0.4 is 5.32 Å². The molecule has 3 nitrogen and oxygen atoms in total. The number of hydrogen-bond donors (Lipinski definition) is 2. The zero-order valence-electron chi connectivity index (χ0n) is 10.2. The maximum Gasteiger partial charge on any atom is 0.404 e. The van der Waals surface area contributed by atoms with E-state index in [9.17, 15) is 4.79 Å². The second-order valence-corrected chi connectivity index (χ2v) is 8.58. The zero-order chi connectivity index (χ0) is 13.3. The largest absolute Gasteiger partial charge is 0.465 e. The van der Waals surface area contributed by atoms with Crippen molar-refractivity contribution in [1.29, 1.82) is 0 Å². The minimum atomic E-state index is -1.95. The topological polar surface area (TPSA) is 49.3 Å². The number of allylic oxidation sites excluding steroid dienone is 3. The highest BCUT2D eigenvalue weighted by Gasteiger charge is 2.37. The molecule has 17 heavy (non-hydrogen) atoms. The van der Waals surface area contributed by atoms with Gasteiger partial charge in [-0.05, 0) is 18.1 Å². The first-order valence-electron chi connectivity index (χ1n) is 5.51. The van der Waals surface area contributed by atoms with Gasteiger partial charge in [-0.15, -0.1) is 26.3 Å². The summed E-state index contributed by atoms with van der Waals surface area (Å²) in [6.07, 6.45) is 6.19. The van der Waals surface area contributed by atoms with Crippen LogP contribution in [0.25, 0.3) is 0 Å². The van der Waals surface area contributed by atoms with Crippen LogP contribution in [0.2, 0.25) is 18.1 Å². The van der Waals surface area contributed by atoms with Crippen molar-refractivity contribution in [2.24, 2.45) is 0 Å². The lowest BCUT2D eigenvalue weighted by Gasteiger charge is -2.35. The van der Waals surface area contributed by atoms with Gasteiger partial charge >= 0.3 is 6.09 Å². The third-order valence-corrected chi connectivity index (χ3v) is 7.83. The molecule has 0 saturated heterocycles.